The molecular weight excluding hydrogens is 336 g/mol. The topological polar surface area (TPSA) is 68.3 Å². The van der Waals surface area contributed by atoms with Crippen molar-refractivity contribution in [2.75, 3.05) is 6.54 Å². The van der Waals surface area contributed by atoms with E-state index in [1.165, 1.54) is 11.3 Å². The fourth-order valence-corrected chi connectivity index (χ4v) is 3.10. The van der Waals surface area contributed by atoms with Crippen LogP contribution in [0.25, 0.3) is 10.2 Å². The number of thiazole rings is 1. The Morgan fingerprint density at radius 2 is 2.00 bits per heavy atom. The number of benzene rings is 2. The standard InChI is InChI=1S/C19H18N2O3S/c1-13(18(22)20-10-9-14-5-3-2-4-6-14)24-19(23)15-7-8-16-17(11-15)25-12-21-16/h2-8,11-13H,9-10H2,1H3,(H,20,22). The van der Waals surface area contributed by atoms with Crippen molar-refractivity contribution in [2.45, 2.75) is 19.4 Å². The minimum atomic E-state index is -0.847. The zero-order valence-corrected chi connectivity index (χ0v) is 14.6. The highest BCUT2D eigenvalue weighted by molar-refractivity contribution is 7.16. The summed E-state index contributed by atoms with van der Waals surface area (Å²) in [5.74, 6) is -0.816. The minimum Gasteiger partial charge on any atom is -0.449 e. The Hall–Kier alpha value is -2.73. The van der Waals surface area contributed by atoms with Crippen molar-refractivity contribution in [1.82, 2.24) is 10.3 Å². The number of amides is 1. The number of hydrogen-bond acceptors (Lipinski definition) is 5. The van der Waals surface area contributed by atoms with E-state index in [4.69, 9.17) is 4.74 Å². The van der Waals surface area contributed by atoms with Gasteiger partial charge in [-0.25, -0.2) is 9.78 Å². The quantitative estimate of drug-likeness (QED) is 0.690. The van der Waals surface area contributed by atoms with Gasteiger partial charge in [0.15, 0.2) is 6.10 Å². The molecular formula is C19H18N2O3S. The van der Waals surface area contributed by atoms with Gasteiger partial charge in [-0.05, 0) is 37.1 Å². The van der Waals surface area contributed by atoms with E-state index in [0.717, 1.165) is 22.2 Å². The van der Waals surface area contributed by atoms with Gasteiger partial charge in [-0.1, -0.05) is 30.3 Å². The third kappa shape index (κ3) is 4.42. The van der Waals surface area contributed by atoms with E-state index in [0.29, 0.717) is 12.1 Å². The summed E-state index contributed by atoms with van der Waals surface area (Å²) in [7, 11) is 0. The molecule has 5 nitrogen and oxygen atoms in total. The molecule has 0 fully saturated rings. The first kappa shape index (κ1) is 17.1. The molecule has 3 aromatic rings. The molecule has 1 N–H and O–H groups in total. The van der Waals surface area contributed by atoms with Crippen molar-refractivity contribution in [2.24, 2.45) is 0 Å². The van der Waals surface area contributed by atoms with Crippen LogP contribution < -0.4 is 5.32 Å². The molecule has 0 saturated heterocycles. The Morgan fingerprint density at radius 3 is 2.80 bits per heavy atom. The maximum Gasteiger partial charge on any atom is 0.338 e. The number of aromatic nitrogens is 1. The van der Waals surface area contributed by atoms with Crippen LogP contribution in [0.15, 0.2) is 54.0 Å². The molecule has 0 saturated carbocycles. The van der Waals surface area contributed by atoms with Crippen LogP contribution in [0.3, 0.4) is 0 Å². The van der Waals surface area contributed by atoms with Crippen molar-refractivity contribution in [3.63, 3.8) is 0 Å². The van der Waals surface area contributed by atoms with Crippen LogP contribution in [-0.4, -0.2) is 29.5 Å². The molecule has 3 rings (SSSR count). The van der Waals surface area contributed by atoms with E-state index in [-0.39, 0.29) is 5.91 Å². The van der Waals surface area contributed by atoms with Gasteiger partial charge in [-0.2, -0.15) is 0 Å². The second-order valence-electron chi connectivity index (χ2n) is 5.61. The predicted molar refractivity (Wildman–Crippen MR) is 97.7 cm³/mol. The first-order valence-electron chi connectivity index (χ1n) is 7.99. The van der Waals surface area contributed by atoms with E-state index < -0.39 is 12.1 Å². The highest BCUT2D eigenvalue weighted by atomic mass is 32.1. The average Bonchev–Trinajstić information content (AvgIpc) is 3.10. The smallest absolute Gasteiger partial charge is 0.338 e. The maximum absolute atomic E-state index is 12.2. The zero-order chi connectivity index (χ0) is 17.6. The van der Waals surface area contributed by atoms with Crippen molar-refractivity contribution >= 4 is 33.4 Å². The Bertz CT molecular complexity index is 877. The monoisotopic (exact) mass is 354 g/mol. The lowest BCUT2D eigenvalue weighted by molar-refractivity contribution is -0.129. The zero-order valence-electron chi connectivity index (χ0n) is 13.8. The molecule has 0 aliphatic rings. The number of nitrogens with zero attached hydrogens (tertiary/aromatic N) is 1. The van der Waals surface area contributed by atoms with E-state index in [2.05, 4.69) is 10.3 Å². The summed E-state index contributed by atoms with van der Waals surface area (Å²) in [4.78, 5) is 28.4. The fraction of sp³-hybridized carbons (Fsp3) is 0.211. The molecule has 2 aromatic carbocycles. The fourth-order valence-electron chi connectivity index (χ4n) is 2.38. The largest absolute Gasteiger partial charge is 0.449 e. The van der Waals surface area contributed by atoms with Gasteiger partial charge in [0, 0.05) is 6.54 Å². The lowest BCUT2D eigenvalue weighted by Crippen LogP contribution is -2.36. The molecule has 25 heavy (non-hydrogen) atoms. The van der Waals surface area contributed by atoms with Crippen molar-refractivity contribution < 1.29 is 14.3 Å². The number of fused-ring (bicyclic) bond motifs is 1. The maximum atomic E-state index is 12.2. The normalized spacial score (nSPS) is 11.9. The summed E-state index contributed by atoms with van der Waals surface area (Å²) < 4.78 is 6.17. The Labute approximate surface area is 149 Å². The van der Waals surface area contributed by atoms with Gasteiger partial charge in [0.05, 0.1) is 21.3 Å². The van der Waals surface area contributed by atoms with Gasteiger partial charge >= 0.3 is 5.97 Å². The molecule has 0 aliphatic heterocycles. The van der Waals surface area contributed by atoms with Crippen LogP contribution in [-0.2, 0) is 16.0 Å². The first-order valence-corrected chi connectivity index (χ1v) is 8.87. The number of ether oxygens (including phenoxy) is 1. The molecule has 0 spiro atoms. The summed E-state index contributed by atoms with van der Waals surface area (Å²) in [6, 6.07) is 15.0. The lowest BCUT2D eigenvalue weighted by Gasteiger charge is -2.13. The second-order valence-corrected chi connectivity index (χ2v) is 6.50. The van der Waals surface area contributed by atoms with Crippen LogP contribution >= 0.6 is 11.3 Å². The van der Waals surface area contributed by atoms with Gasteiger partial charge in [0.2, 0.25) is 0 Å². The van der Waals surface area contributed by atoms with Crippen molar-refractivity contribution in [1.29, 1.82) is 0 Å². The van der Waals surface area contributed by atoms with E-state index in [1.54, 1.807) is 30.6 Å². The van der Waals surface area contributed by atoms with Gasteiger partial charge < -0.3 is 10.1 Å². The minimum absolute atomic E-state index is 0.303. The number of esters is 1. The Morgan fingerprint density at radius 1 is 1.20 bits per heavy atom. The van der Waals surface area contributed by atoms with Crippen LogP contribution in [0.4, 0.5) is 0 Å². The molecule has 1 aromatic heterocycles. The number of rotatable bonds is 6. The van der Waals surface area contributed by atoms with Gasteiger partial charge in [0.1, 0.15) is 0 Å². The molecule has 1 heterocycles. The second kappa shape index (κ2) is 7.90. The van der Waals surface area contributed by atoms with Gasteiger partial charge in [-0.15, -0.1) is 11.3 Å². The third-order valence-corrected chi connectivity index (χ3v) is 4.57. The number of nitrogens with one attached hydrogen (secondary N) is 1. The number of hydrogen-bond donors (Lipinski definition) is 1. The molecule has 1 unspecified atom stereocenters. The number of carbonyl (C=O) groups excluding carboxylic acids is 2. The Kier molecular flexibility index (Phi) is 5.40. The van der Waals surface area contributed by atoms with Crippen molar-refractivity contribution in [3.8, 4) is 0 Å². The molecule has 1 amide bonds. The SMILES string of the molecule is CC(OC(=O)c1ccc2ncsc2c1)C(=O)NCCc1ccccc1. The summed E-state index contributed by atoms with van der Waals surface area (Å²) in [6.45, 7) is 2.07. The highest BCUT2D eigenvalue weighted by Gasteiger charge is 2.19. The molecule has 6 heteroatoms. The lowest BCUT2D eigenvalue weighted by atomic mass is 10.1. The summed E-state index contributed by atoms with van der Waals surface area (Å²) in [5.41, 5.74) is 4.13. The van der Waals surface area contributed by atoms with Crippen LogP contribution in [0, 0.1) is 0 Å². The van der Waals surface area contributed by atoms with Crippen LogP contribution in [0.2, 0.25) is 0 Å². The predicted octanol–water partition coefficient (Wildman–Crippen LogP) is 3.20. The van der Waals surface area contributed by atoms with Crippen LogP contribution in [0.5, 0.6) is 0 Å². The highest BCUT2D eigenvalue weighted by Crippen LogP contribution is 2.19. The molecule has 1 atom stereocenters. The number of carbonyl (C=O) groups is 2. The van der Waals surface area contributed by atoms with Crippen molar-refractivity contribution in [3.05, 3.63) is 65.2 Å². The Balaban J connectivity index is 1.51. The van der Waals surface area contributed by atoms with Gasteiger partial charge in [-0.3, -0.25) is 4.79 Å². The summed E-state index contributed by atoms with van der Waals surface area (Å²) >= 11 is 1.45. The van der Waals surface area contributed by atoms with E-state index in [9.17, 15) is 9.59 Å². The average molecular weight is 354 g/mol. The molecule has 0 radical (unpaired) electrons. The van der Waals surface area contributed by atoms with E-state index in [1.807, 2.05) is 30.3 Å². The summed E-state index contributed by atoms with van der Waals surface area (Å²) in [6.07, 6.45) is -0.115. The molecule has 0 aliphatic carbocycles. The van der Waals surface area contributed by atoms with Gasteiger partial charge in [0.25, 0.3) is 5.91 Å². The van der Waals surface area contributed by atoms with Crippen LogP contribution in [0.1, 0.15) is 22.8 Å². The summed E-state index contributed by atoms with van der Waals surface area (Å²) in [5, 5.41) is 2.79. The third-order valence-electron chi connectivity index (χ3n) is 3.78. The first-order chi connectivity index (χ1) is 12.1. The molecule has 0 bridgehead atoms. The van der Waals surface area contributed by atoms with E-state index >= 15 is 0 Å². The molecule has 128 valence electrons.